The summed E-state index contributed by atoms with van der Waals surface area (Å²) in [5, 5.41) is 13.6. The molecule has 1 aromatic carbocycles. The van der Waals surface area contributed by atoms with E-state index in [1.807, 2.05) is 18.2 Å². The van der Waals surface area contributed by atoms with Crippen molar-refractivity contribution >= 4 is 0 Å². The highest BCUT2D eigenvalue weighted by molar-refractivity contribution is 5.34. The minimum absolute atomic E-state index is 0.189. The van der Waals surface area contributed by atoms with Gasteiger partial charge in [-0.2, -0.15) is 0 Å². The van der Waals surface area contributed by atoms with E-state index < -0.39 is 0 Å². The van der Waals surface area contributed by atoms with E-state index >= 15 is 0 Å². The van der Waals surface area contributed by atoms with Crippen LogP contribution in [0.25, 0.3) is 0 Å². The molecule has 1 saturated heterocycles. The lowest BCUT2D eigenvalue weighted by atomic mass is 10.0. The average Bonchev–Trinajstić information content (AvgIpc) is 2.96. The fourth-order valence-electron chi connectivity index (χ4n) is 2.88. The van der Waals surface area contributed by atoms with E-state index in [9.17, 15) is 5.11 Å². The predicted octanol–water partition coefficient (Wildman–Crippen LogP) is 2.15. The smallest absolute Gasteiger partial charge is 0.120 e. The zero-order valence-corrected chi connectivity index (χ0v) is 12.5. The van der Waals surface area contributed by atoms with Crippen LogP contribution in [0.3, 0.4) is 0 Å². The first kappa shape index (κ1) is 15.3. The molecular weight excluding hydrogens is 252 g/mol. The van der Waals surface area contributed by atoms with Gasteiger partial charge in [-0.25, -0.2) is 0 Å². The van der Waals surface area contributed by atoms with Crippen LogP contribution in [0.15, 0.2) is 24.3 Å². The van der Waals surface area contributed by atoms with Crippen LogP contribution in [0.4, 0.5) is 0 Å². The second kappa shape index (κ2) is 7.62. The molecule has 20 heavy (non-hydrogen) atoms. The monoisotopic (exact) mass is 278 g/mol. The molecule has 1 aliphatic rings. The Bertz CT molecular complexity index is 405. The van der Waals surface area contributed by atoms with E-state index in [1.54, 1.807) is 13.2 Å². The van der Waals surface area contributed by atoms with E-state index in [1.165, 1.54) is 12.8 Å². The van der Waals surface area contributed by atoms with Gasteiger partial charge in [0.15, 0.2) is 0 Å². The van der Waals surface area contributed by atoms with E-state index in [4.69, 9.17) is 4.74 Å². The number of phenolic OH excluding ortho intramolecular Hbond substituents is 1. The summed E-state index contributed by atoms with van der Waals surface area (Å²) in [6.07, 6.45) is 2.49. The van der Waals surface area contributed by atoms with Crippen molar-refractivity contribution < 1.29 is 9.84 Å². The van der Waals surface area contributed by atoms with Gasteiger partial charge in [0.05, 0.1) is 6.61 Å². The van der Waals surface area contributed by atoms with Crippen LogP contribution >= 0.6 is 0 Å². The first-order valence-corrected chi connectivity index (χ1v) is 7.46. The van der Waals surface area contributed by atoms with Crippen LogP contribution in [0, 0.1) is 0 Å². The number of nitrogens with zero attached hydrogens (tertiary/aromatic N) is 1. The molecule has 0 aromatic heterocycles. The molecule has 0 saturated carbocycles. The van der Waals surface area contributed by atoms with Crippen molar-refractivity contribution in [2.24, 2.45) is 0 Å². The number of ether oxygens (including phenoxy) is 1. The van der Waals surface area contributed by atoms with Gasteiger partial charge in [-0.05, 0) is 32.4 Å². The molecule has 0 spiro atoms. The van der Waals surface area contributed by atoms with Gasteiger partial charge >= 0.3 is 0 Å². The fourth-order valence-corrected chi connectivity index (χ4v) is 2.88. The van der Waals surface area contributed by atoms with Crippen LogP contribution in [0.5, 0.6) is 5.75 Å². The standard InChI is InChI=1S/C16H26N2O2/c1-13(15-7-3-4-8-16(15)19)18(10-11-20-2)12-14-6-5-9-17-14/h3-4,7-8,13-14,17,19H,5-6,9-12H2,1-2H3. The molecule has 1 heterocycles. The summed E-state index contributed by atoms with van der Waals surface area (Å²) in [6, 6.07) is 8.35. The normalized spacial score (nSPS) is 20.4. The fraction of sp³-hybridized carbons (Fsp3) is 0.625. The Morgan fingerprint density at radius 3 is 2.90 bits per heavy atom. The molecule has 2 atom stereocenters. The molecule has 4 nitrogen and oxygen atoms in total. The molecule has 2 unspecified atom stereocenters. The maximum Gasteiger partial charge on any atom is 0.120 e. The molecule has 2 rings (SSSR count). The van der Waals surface area contributed by atoms with Crippen molar-refractivity contribution in [1.29, 1.82) is 0 Å². The quantitative estimate of drug-likeness (QED) is 0.802. The zero-order chi connectivity index (χ0) is 14.4. The molecule has 112 valence electrons. The van der Waals surface area contributed by atoms with E-state index in [2.05, 4.69) is 17.1 Å². The van der Waals surface area contributed by atoms with E-state index in [-0.39, 0.29) is 6.04 Å². The molecular formula is C16H26N2O2. The molecule has 1 aromatic rings. The van der Waals surface area contributed by atoms with Crippen LogP contribution in [0.1, 0.15) is 31.4 Å². The molecule has 0 amide bonds. The van der Waals surface area contributed by atoms with Gasteiger partial charge in [-0.1, -0.05) is 18.2 Å². The van der Waals surface area contributed by atoms with Crippen LogP contribution < -0.4 is 5.32 Å². The number of hydrogen-bond donors (Lipinski definition) is 2. The second-order valence-corrected chi connectivity index (χ2v) is 5.52. The van der Waals surface area contributed by atoms with Crippen LogP contribution in [-0.4, -0.2) is 49.4 Å². The molecule has 0 aliphatic carbocycles. The maximum absolute atomic E-state index is 10.0. The lowest BCUT2D eigenvalue weighted by molar-refractivity contribution is 0.117. The summed E-state index contributed by atoms with van der Waals surface area (Å²) in [6.45, 7) is 5.86. The van der Waals surface area contributed by atoms with Crippen molar-refractivity contribution in [1.82, 2.24) is 10.2 Å². The van der Waals surface area contributed by atoms with E-state index in [0.717, 1.165) is 25.2 Å². The summed E-state index contributed by atoms with van der Waals surface area (Å²) in [7, 11) is 1.73. The van der Waals surface area contributed by atoms with Crippen molar-refractivity contribution in [3.8, 4) is 5.75 Å². The number of phenols is 1. The third-order valence-electron chi connectivity index (χ3n) is 4.13. The van der Waals surface area contributed by atoms with Gasteiger partial charge in [0, 0.05) is 37.8 Å². The number of hydrogen-bond acceptors (Lipinski definition) is 4. The number of methoxy groups -OCH3 is 1. The Morgan fingerprint density at radius 2 is 2.25 bits per heavy atom. The number of benzene rings is 1. The van der Waals surface area contributed by atoms with Crippen molar-refractivity contribution in [2.45, 2.75) is 31.8 Å². The Hall–Kier alpha value is -1.10. The minimum atomic E-state index is 0.189. The van der Waals surface area contributed by atoms with Crippen molar-refractivity contribution in [3.63, 3.8) is 0 Å². The first-order valence-electron chi connectivity index (χ1n) is 7.46. The summed E-state index contributed by atoms with van der Waals surface area (Å²) >= 11 is 0. The van der Waals surface area contributed by atoms with Crippen LogP contribution in [0.2, 0.25) is 0 Å². The van der Waals surface area contributed by atoms with E-state index in [0.29, 0.717) is 18.4 Å². The number of aromatic hydroxyl groups is 1. The molecule has 2 N–H and O–H groups in total. The second-order valence-electron chi connectivity index (χ2n) is 5.52. The highest BCUT2D eigenvalue weighted by Gasteiger charge is 2.23. The van der Waals surface area contributed by atoms with Gasteiger partial charge in [-0.3, -0.25) is 4.90 Å². The van der Waals surface area contributed by atoms with Gasteiger partial charge in [0.1, 0.15) is 5.75 Å². The molecule has 0 bridgehead atoms. The topological polar surface area (TPSA) is 44.7 Å². The average molecular weight is 278 g/mol. The van der Waals surface area contributed by atoms with Crippen LogP contribution in [-0.2, 0) is 4.74 Å². The third kappa shape index (κ3) is 3.95. The minimum Gasteiger partial charge on any atom is -0.508 e. The Balaban J connectivity index is 2.06. The zero-order valence-electron chi connectivity index (χ0n) is 12.5. The molecule has 0 radical (unpaired) electrons. The summed E-state index contributed by atoms with van der Waals surface area (Å²) < 4.78 is 5.23. The molecule has 4 heteroatoms. The van der Waals surface area contributed by atoms with Gasteiger partial charge < -0.3 is 15.2 Å². The highest BCUT2D eigenvalue weighted by atomic mass is 16.5. The Labute approximate surface area is 121 Å². The number of para-hydroxylation sites is 1. The number of nitrogens with one attached hydrogen (secondary N) is 1. The van der Waals surface area contributed by atoms with Gasteiger partial charge in [-0.15, -0.1) is 0 Å². The van der Waals surface area contributed by atoms with Gasteiger partial charge in [0.25, 0.3) is 0 Å². The molecule has 1 fully saturated rings. The first-order chi connectivity index (χ1) is 9.72. The maximum atomic E-state index is 10.0. The summed E-state index contributed by atoms with van der Waals surface area (Å²) in [5.41, 5.74) is 0.988. The predicted molar refractivity (Wildman–Crippen MR) is 81.0 cm³/mol. The number of rotatable bonds is 7. The van der Waals surface area contributed by atoms with Gasteiger partial charge in [0.2, 0.25) is 0 Å². The Kier molecular flexibility index (Phi) is 5.83. The molecule has 1 aliphatic heterocycles. The van der Waals surface area contributed by atoms with Crippen molar-refractivity contribution in [2.75, 3.05) is 33.4 Å². The highest BCUT2D eigenvalue weighted by Crippen LogP contribution is 2.28. The summed E-state index contributed by atoms with van der Waals surface area (Å²) in [5.74, 6) is 0.377. The SMILES string of the molecule is COCCN(CC1CCCN1)C(C)c1ccccc1O. The Morgan fingerprint density at radius 1 is 1.45 bits per heavy atom. The third-order valence-corrected chi connectivity index (χ3v) is 4.13. The lowest BCUT2D eigenvalue weighted by Crippen LogP contribution is -2.40. The largest absolute Gasteiger partial charge is 0.508 e. The van der Waals surface area contributed by atoms with Crippen molar-refractivity contribution in [3.05, 3.63) is 29.8 Å². The lowest BCUT2D eigenvalue weighted by Gasteiger charge is -2.31. The summed E-state index contributed by atoms with van der Waals surface area (Å²) in [4.78, 5) is 2.39.